The monoisotopic (exact) mass is 198 g/mol. The molecule has 0 aliphatic carbocycles. The minimum Gasteiger partial charge on any atom is -0.477 e. The second kappa shape index (κ2) is 3.09. The van der Waals surface area contributed by atoms with Gasteiger partial charge in [0.15, 0.2) is 0 Å². The van der Waals surface area contributed by atoms with Gasteiger partial charge in [0, 0.05) is 12.8 Å². The summed E-state index contributed by atoms with van der Waals surface area (Å²) in [5.41, 5.74) is -0.977. The van der Waals surface area contributed by atoms with Crippen LogP contribution in [0.4, 0.5) is 0 Å². The topological polar surface area (TPSA) is 72.8 Å². The third-order valence-corrected chi connectivity index (χ3v) is 2.49. The molecule has 1 fully saturated rings. The van der Waals surface area contributed by atoms with Crippen LogP contribution in [0.1, 0.15) is 12.8 Å². The van der Waals surface area contributed by atoms with Gasteiger partial charge >= 0.3 is 11.9 Å². The van der Waals surface area contributed by atoms with Gasteiger partial charge in [-0.1, -0.05) is 0 Å². The van der Waals surface area contributed by atoms with Crippen LogP contribution in [0.5, 0.6) is 0 Å². The van der Waals surface area contributed by atoms with Gasteiger partial charge in [-0.05, 0) is 6.08 Å². The lowest BCUT2D eigenvalue weighted by Gasteiger charge is -2.30. The van der Waals surface area contributed by atoms with Crippen LogP contribution in [0, 0.1) is 0 Å². The molecule has 0 aromatic rings. The predicted molar refractivity (Wildman–Crippen MR) is 44.6 cm³/mol. The number of ether oxygens (including phenoxy) is 2. The fraction of sp³-hybridized carbons (Fsp3) is 0.556. The highest BCUT2D eigenvalue weighted by molar-refractivity contribution is 6.14. The van der Waals surface area contributed by atoms with E-state index in [1.165, 1.54) is 6.08 Å². The maximum absolute atomic E-state index is 11.2. The molecule has 5 heteroatoms. The summed E-state index contributed by atoms with van der Waals surface area (Å²) >= 11 is 0. The van der Waals surface area contributed by atoms with E-state index in [9.17, 15) is 9.59 Å². The van der Waals surface area contributed by atoms with Crippen LogP contribution < -0.4 is 0 Å². The van der Waals surface area contributed by atoms with Crippen molar-refractivity contribution in [1.82, 2.24) is 0 Å². The number of carboxylic acids is 1. The van der Waals surface area contributed by atoms with Crippen LogP contribution in [-0.2, 0) is 19.1 Å². The smallest absolute Gasteiger partial charge is 0.346 e. The molecule has 2 heterocycles. The van der Waals surface area contributed by atoms with E-state index >= 15 is 0 Å². The predicted octanol–water partition coefficient (Wildman–Crippen LogP) is 0.103. The van der Waals surface area contributed by atoms with Crippen molar-refractivity contribution in [2.75, 3.05) is 13.2 Å². The van der Waals surface area contributed by atoms with Crippen molar-refractivity contribution in [2.45, 2.75) is 18.4 Å². The standard InChI is InChI=1S/C9H10O5/c10-7(11)6-5-9(14-8(6)12)1-3-13-4-2-9/h5H,1-4H2,(H,10,11). The van der Waals surface area contributed by atoms with Gasteiger partial charge in [-0.25, -0.2) is 9.59 Å². The van der Waals surface area contributed by atoms with E-state index in [1.807, 2.05) is 0 Å². The molecule has 2 aliphatic rings. The molecule has 0 aromatic carbocycles. The third-order valence-electron chi connectivity index (χ3n) is 2.49. The minimum atomic E-state index is -1.22. The van der Waals surface area contributed by atoms with Crippen molar-refractivity contribution >= 4 is 11.9 Å². The Morgan fingerprint density at radius 3 is 2.57 bits per heavy atom. The van der Waals surface area contributed by atoms with E-state index in [4.69, 9.17) is 14.6 Å². The molecule has 5 nitrogen and oxygen atoms in total. The van der Waals surface area contributed by atoms with Gasteiger partial charge in [0.25, 0.3) is 0 Å². The van der Waals surface area contributed by atoms with Crippen molar-refractivity contribution < 1.29 is 24.2 Å². The molecule has 2 rings (SSSR count). The van der Waals surface area contributed by atoms with Crippen LogP contribution in [0.3, 0.4) is 0 Å². The Labute approximate surface area is 80.3 Å². The fourth-order valence-corrected chi connectivity index (χ4v) is 1.70. The highest BCUT2D eigenvalue weighted by Crippen LogP contribution is 2.33. The maximum atomic E-state index is 11.2. The van der Waals surface area contributed by atoms with Crippen LogP contribution in [0.25, 0.3) is 0 Å². The van der Waals surface area contributed by atoms with Gasteiger partial charge in [0.1, 0.15) is 11.2 Å². The molecule has 2 aliphatic heterocycles. The van der Waals surface area contributed by atoms with E-state index < -0.39 is 17.5 Å². The van der Waals surface area contributed by atoms with E-state index in [2.05, 4.69) is 0 Å². The first-order valence-electron chi connectivity index (χ1n) is 4.40. The zero-order valence-corrected chi connectivity index (χ0v) is 7.49. The molecule has 0 atom stereocenters. The average Bonchev–Trinajstić information content (AvgIpc) is 2.44. The number of carboxylic acid groups (broad SMARTS) is 1. The lowest BCUT2D eigenvalue weighted by atomic mass is 9.94. The second-order valence-electron chi connectivity index (χ2n) is 3.43. The van der Waals surface area contributed by atoms with E-state index in [-0.39, 0.29) is 5.57 Å². The lowest BCUT2D eigenvalue weighted by Crippen LogP contribution is -2.35. The quantitative estimate of drug-likeness (QED) is 0.478. The van der Waals surface area contributed by atoms with Crippen LogP contribution >= 0.6 is 0 Å². The normalized spacial score (nSPS) is 24.6. The Hall–Kier alpha value is -1.36. The molecule has 0 aromatic heterocycles. The van der Waals surface area contributed by atoms with Crippen LogP contribution in [-0.4, -0.2) is 35.9 Å². The SMILES string of the molecule is O=C(O)C1=CC2(CCOCC2)OC1=O. The summed E-state index contributed by atoms with van der Waals surface area (Å²) < 4.78 is 10.2. The zero-order valence-electron chi connectivity index (χ0n) is 7.49. The van der Waals surface area contributed by atoms with E-state index in [1.54, 1.807) is 0 Å². The van der Waals surface area contributed by atoms with Gasteiger partial charge in [-0.2, -0.15) is 0 Å². The highest BCUT2D eigenvalue weighted by Gasteiger charge is 2.43. The Bertz CT molecular complexity index is 311. The van der Waals surface area contributed by atoms with Crippen LogP contribution in [0.2, 0.25) is 0 Å². The molecule has 76 valence electrons. The number of hydrogen-bond acceptors (Lipinski definition) is 4. The maximum Gasteiger partial charge on any atom is 0.346 e. The molecule has 0 radical (unpaired) electrons. The van der Waals surface area contributed by atoms with Crippen LogP contribution in [0.15, 0.2) is 11.6 Å². The van der Waals surface area contributed by atoms with Crippen molar-refractivity contribution in [3.05, 3.63) is 11.6 Å². The second-order valence-corrected chi connectivity index (χ2v) is 3.43. The first-order valence-corrected chi connectivity index (χ1v) is 4.40. The minimum absolute atomic E-state index is 0.257. The number of hydrogen-bond donors (Lipinski definition) is 1. The summed E-state index contributed by atoms with van der Waals surface area (Å²) in [5.74, 6) is -1.96. The largest absolute Gasteiger partial charge is 0.477 e. The number of carbonyl (C=O) groups is 2. The first kappa shape index (κ1) is 9.21. The lowest BCUT2D eigenvalue weighted by molar-refractivity contribution is -0.154. The summed E-state index contributed by atoms with van der Waals surface area (Å²) in [4.78, 5) is 21.8. The highest BCUT2D eigenvalue weighted by atomic mass is 16.6. The summed E-state index contributed by atoms with van der Waals surface area (Å²) in [6.45, 7) is 0.993. The van der Waals surface area contributed by atoms with Gasteiger partial charge in [0.2, 0.25) is 0 Å². The Morgan fingerprint density at radius 2 is 2.07 bits per heavy atom. The number of carbonyl (C=O) groups excluding carboxylic acids is 1. The summed E-state index contributed by atoms with van der Waals surface area (Å²) in [6.07, 6.45) is 2.49. The zero-order chi connectivity index (χ0) is 10.2. The Kier molecular flexibility index (Phi) is 2.03. The molecule has 1 N–H and O–H groups in total. The molecular formula is C9H10O5. The van der Waals surface area contributed by atoms with Crippen molar-refractivity contribution in [3.63, 3.8) is 0 Å². The summed E-state index contributed by atoms with van der Waals surface area (Å²) in [7, 11) is 0. The molecular weight excluding hydrogens is 188 g/mol. The summed E-state index contributed by atoms with van der Waals surface area (Å²) in [6, 6.07) is 0. The van der Waals surface area contributed by atoms with E-state index in [0.717, 1.165) is 0 Å². The van der Waals surface area contributed by atoms with Crippen molar-refractivity contribution in [3.8, 4) is 0 Å². The molecule has 0 saturated carbocycles. The first-order chi connectivity index (χ1) is 6.63. The van der Waals surface area contributed by atoms with Gasteiger partial charge in [-0.15, -0.1) is 0 Å². The molecule has 1 saturated heterocycles. The molecule has 14 heavy (non-hydrogen) atoms. The van der Waals surface area contributed by atoms with Gasteiger partial charge < -0.3 is 14.6 Å². The van der Waals surface area contributed by atoms with Gasteiger partial charge in [0.05, 0.1) is 13.2 Å². The van der Waals surface area contributed by atoms with E-state index in [0.29, 0.717) is 26.1 Å². The number of rotatable bonds is 1. The van der Waals surface area contributed by atoms with Gasteiger partial charge in [-0.3, -0.25) is 0 Å². The Balaban J connectivity index is 2.24. The number of esters is 1. The molecule has 0 unspecified atom stereocenters. The Morgan fingerprint density at radius 1 is 1.43 bits per heavy atom. The third kappa shape index (κ3) is 1.39. The van der Waals surface area contributed by atoms with Crippen molar-refractivity contribution in [1.29, 1.82) is 0 Å². The number of aliphatic carboxylic acids is 1. The molecule has 0 amide bonds. The van der Waals surface area contributed by atoms with Crippen molar-refractivity contribution in [2.24, 2.45) is 0 Å². The fourth-order valence-electron chi connectivity index (χ4n) is 1.70. The molecule has 0 bridgehead atoms. The molecule has 1 spiro atoms. The summed E-state index contributed by atoms with van der Waals surface area (Å²) in [5, 5.41) is 8.70. The average molecular weight is 198 g/mol.